The van der Waals surface area contributed by atoms with Crippen molar-refractivity contribution in [2.75, 3.05) is 13.1 Å². The van der Waals surface area contributed by atoms with Crippen LogP contribution in [0.1, 0.15) is 10.6 Å². The van der Waals surface area contributed by atoms with Crippen LogP contribution in [-0.4, -0.2) is 36.2 Å². The van der Waals surface area contributed by atoms with E-state index in [2.05, 4.69) is 10.6 Å². The molecule has 3 N–H and O–H groups in total. The van der Waals surface area contributed by atoms with Gasteiger partial charge in [-0.3, -0.25) is 4.79 Å². The molecule has 5 nitrogen and oxygen atoms in total. The van der Waals surface area contributed by atoms with Crippen molar-refractivity contribution in [2.45, 2.75) is 12.1 Å². The smallest absolute Gasteiger partial charge is 0.287 e. The van der Waals surface area contributed by atoms with Gasteiger partial charge in [0, 0.05) is 18.7 Å². The van der Waals surface area contributed by atoms with Crippen LogP contribution in [0, 0.1) is 0 Å². The zero-order valence-electron chi connectivity index (χ0n) is 11.6. The fourth-order valence-electron chi connectivity index (χ4n) is 2.32. The van der Waals surface area contributed by atoms with Crippen LogP contribution in [0.3, 0.4) is 0 Å². The molecule has 1 aromatic heterocycles. The van der Waals surface area contributed by atoms with Crippen LogP contribution >= 0.6 is 24.0 Å². The van der Waals surface area contributed by atoms with E-state index < -0.39 is 6.10 Å². The highest BCUT2D eigenvalue weighted by molar-refractivity contribution is 6.33. The van der Waals surface area contributed by atoms with E-state index in [1.165, 1.54) is 0 Å². The summed E-state index contributed by atoms with van der Waals surface area (Å²) in [6.45, 7) is 1.03. The number of carbonyl (C=O) groups excluding carboxylic acids is 1. The van der Waals surface area contributed by atoms with E-state index in [4.69, 9.17) is 16.0 Å². The Labute approximate surface area is 139 Å². The minimum atomic E-state index is -0.577. The van der Waals surface area contributed by atoms with Gasteiger partial charge in [0.2, 0.25) is 0 Å². The second-order valence-corrected chi connectivity index (χ2v) is 5.36. The van der Waals surface area contributed by atoms with Crippen molar-refractivity contribution in [1.29, 1.82) is 0 Å². The Morgan fingerprint density at radius 3 is 2.73 bits per heavy atom. The molecule has 0 aliphatic carbocycles. The van der Waals surface area contributed by atoms with Gasteiger partial charge in [-0.1, -0.05) is 23.7 Å². The Kier molecular flexibility index (Phi) is 5.47. The molecule has 118 valence electrons. The van der Waals surface area contributed by atoms with Gasteiger partial charge in [0.1, 0.15) is 5.76 Å². The van der Waals surface area contributed by atoms with Gasteiger partial charge in [0.25, 0.3) is 5.91 Å². The highest BCUT2D eigenvalue weighted by Crippen LogP contribution is 2.29. The lowest BCUT2D eigenvalue weighted by Crippen LogP contribution is -2.42. The summed E-state index contributed by atoms with van der Waals surface area (Å²) in [5.41, 5.74) is 0.737. The van der Waals surface area contributed by atoms with Crippen LogP contribution in [-0.2, 0) is 0 Å². The van der Waals surface area contributed by atoms with E-state index in [9.17, 15) is 9.90 Å². The first-order valence-corrected chi connectivity index (χ1v) is 7.07. The van der Waals surface area contributed by atoms with E-state index in [0.717, 1.165) is 5.56 Å². The van der Waals surface area contributed by atoms with Gasteiger partial charge in [-0.05, 0) is 24.3 Å². The predicted octanol–water partition coefficient (Wildman–Crippen LogP) is 2.08. The normalized spacial score (nSPS) is 20.5. The monoisotopic (exact) mass is 342 g/mol. The summed E-state index contributed by atoms with van der Waals surface area (Å²) in [4.78, 5) is 12.1. The molecule has 1 fully saturated rings. The molecule has 0 radical (unpaired) electrons. The summed E-state index contributed by atoms with van der Waals surface area (Å²) in [5.74, 6) is 0.390. The molecular weight excluding hydrogens is 327 g/mol. The molecule has 1 aliphatic rings. The summed E-state index contributed by atoms with van der Waals surface area (Å²) in [6, 6.07) is 10.3. The number of nitrogens with one attached hydrogen (secondary N) is 2. The van der Waals surface area contributed by atoms with Gasteiger partial charge in [0.05, 0.1) is 17.2 Å². The SMILES string of the molecule is Cl.O=C(N[C@@H]1CNC[C@H]1O)c1ccc(-c2ccccc2Cl)o1. The zero-order valence-corrected chi connectivity index (χ0v) is 13.2. The second-order valence-electron chi connectivity index (χ2n) is 4.95. The molecule has 22 heavy (non-hydrogen) atoms. The van der Waals surface area contributed by atoms with E-state index in [-0.39, 0.29) is 30.1 Å². The van der Waals surface area contributed by atoms with Gasteiger partial charge in [-0.25, -0.2) is 0 Å². The lowest BCUT2D eigenvalue weighted by atomic mass is 10.2. The van der Waals surface area contributed by atoms with Crippen LogP contribution in [0.4, 0.5) is 0 Å². The van der Waals surface area contributed by atoms with Crippen molar-refractivity contribution >= 4 is 29.9 Å². The fourth-order valence-corrected chi connectivity index (χ4v) is 2.55. The van der Waals surface area contributed by atoms with Crippen LogP contribution in [0.5, 0.6) is 0 Å². The van der Waals surface area contributed by atoms with Crippen molar-refractivity contribution in [3.63, 3.8) is 0 Å². The summed E-state index contributed by atoms with van der Waals surface area (Å²) >= 11 is 6.10. The highest BCUT2D eigenvalue weighted by atomic mass is 35.5. The van der Waals surface area contributed by atoms with Crippen LogP contribution in [0.2, 0.25) is 5.02 Å². The Hall–Kier alpha value is -1.53. The first-order valence-electron chi connectivity index (χ1n) is 6.69. The number of hydrogen-bond donors (Lipinski definition) is 3. The number of rotatable bonds is 3. The minimum absolute atomic E-state index is 0. The van der Waals surface area contributed by atoms with E-state index in [1.807, 2.05) is 18.2 Å². The molecule has 2 heterocycles. The third-order valence-corrected chi connectivity index (χ3v) is 3.80. The average molecular weight is 343 g/mol. The average Bonchev–Trinajstić information content (AvgIpc) is 3.09. The maximum Gasteiger partial charge on any atom is 0.287 e. The van der Waals surface area contributed by atoms with Crippen LogP contribution in [0.25, 0.3) is 11.3 Å². The van der Waals surface area contributed by atoms with Gasteiger partial charge < -0.3 is 20.2 Å². The number of hydrogen-bond acceptors (Lipinski definition) is 4. The van der Waals surface area contributed by atoms with Gasteiger partial charge in [0.15, 0.2) is 5.76 Å². The Morgan fingerprint density at radius 1 is 1.27 bits per heavy atom. The molecule has 1 aliphatic heterocycles. The van der Waals surface area contributed by atoms with E-state index in [0.29, 0.717) is 23.9 Å². The molecule has 1 saturated heterocycles. The van der Waals surface area contributed by atoms with E-state index in [1.54, 1.807) is 18.2 Å². The number of aliphatic hydroxyl groups excluding tert-OH is 1. The number of β-amino-alcohol motifs (C(OH)–C–C–N with tert-alkyl or cyclic N) is 1. The Bertz CT molecular complexity index is 660. The largest absolute Gasteiger partial charge is 0.451 e. The molecular formula is C15H16Cl2N2O3. The quantitative estimate of drug-likeness (QED) is 0.798. The Balaban J connectivity index is 0.00000176. The predicted molar refractivity (Wildman–Crippen MR) is 86.5 cm³/mol. The Morgan fingerprint density at radius 2 is 2.05 bits per heavy atom. The zero-order chi connectivity index (χ0) is 14.8. The number of halogens is 2. The third kappa shape index (κ3) is 3.44. The number of aliphatic hydroxyl groups is 1. The molecule has 2 atom stereocenters. The maximum absolute atomic E-state index is 12.1. The van der Waals surface area contributed by atoms with Crippen molar-refractivity contribution in [3.05, 3.63) is 47.2 Å². The van der Waals surface area contributed by atoms with Gasteiger partial charge in [-0.15, -0.1) is 12.4 Å². The lowest BCUT2D eigenvalue weighted by molar-refractivity contribution is 0.0862. The standard InChI is InChI=1S/C15H15ClN2O3.ClH/c16-10-4-2-1-3-9(10)13-5-6-14(21-13)15(20)18-11-7-17-8-12(11)19;/h1-6,11-12,17,19H,7-8H2,(H,18,20);1H/t11-,12-;/m1./s1. The minimum Gasteiger partial charge on any atom is -0.451 e. The molecule has 0 bridgehead atoms. The van der Waals surface area contributed by atoms with Crippen molar-refractivity contribution in [3.8, 4) is 11.3 Å². The highest BCUT2D eigenvalue weighted by Gasteiger charge is 2.27. The first-order chi connectivity index (χ1) is 10.1. The number of furan rings is 1. The van der Waals surface area contributed by atoms with Crippen molar-refractivity contribution < 1.29 is 14.3 Å². The molecule has 1 amide bonds. The van der Waals surface area contributed by atoms with Crippen molar-refractivity contribution in [2.24, 2.45) is 0 Å². The molecule has 0 unspecified atom stereocenters. The lowest BCUT2D eigenvalue weighted by Gasteiger charge is -2.14. The van der Waals surface area contributed by atoms with E-state index >= 15 is 0 Å². The molecule has 0 spiro atoms. The second kappa shape index (κ2) is 7.15. The molecule has 2 aromatic rings. The molecule has 0 saturated carbocycles. The van der Waals surface area contributed by atoms with Crippen molar-refractivity contribution in [1.82, 2.24) is 10.6 Å². The number of carbonyl (C=O) groups is 1. The van der Waals surface area contributed by atoms with Gasteiger partial charge >= 0.3 is 0 Å². The maximum atomic E-state index is 12.1. The van der Waals surface area contributed by atoms with Gasteiger partial charge in [-0.2, -0.15) is 0 Å². The topological polar surface area (TPSA) is 74.5 Å². The number of amides is 1. The fraction of sp³-hybridized carbons (Fsp3) is 0.267. The van der Waals surface area contributed by atoms with Crippen LogP contribution in [0.15, 0.2) is 40.8 Å². The number of benzene rings is 1. The summed E-state index contributed by atoms with van der Waals surface area (Å²) in [7, 11) is 0. The summed E-state index contributed by atoms with van der Waals surface area (Å²) < 4.78 is 5.56. The molecule has 7 heteroatoms. The molecule has 3 rings (SSSR count). The summed E-state index contributed by atoms with van der Waals surface area (Å²) in [6.07, 6.45) is -0.577. The third-order valence-electron chi connectivity index (χ3n) is 3.47. The first kappa shape index (κ1) is 16.8. The van der Waals surface area contributed by atoms with Crippen LogP contribution < -0.4 is 10.6 Å². The summed E-state index contributed by atoms with van der Waals surface area (Å²) in [5, 5.41) is 16.0. The molecule has 1 aromatic carbocycles.